The van der Waals surface area contributed by atoms with E-state index in [2.05, 4.69) is 6.92 Å². The molecular formula is C18H27NO3S. The van der Waals surface area contributed by atoms with Crippen molar-refractivity contribution >= 4 is 23.6 Å². The van der Waals surface area contributed by atoms with Crippen molar-refractivity contribution in [3.05, 3.63) is 0 Å². The molecule has 0 spiro atoms. The average molecular weight is 337 g/mol. The summed E-state index contributed by atoms with van der Waals surface area (Å²) in [5.41, 5.74) is 0. The maximum Gasteiger partial charge on any atom is 0.330 e. The molecule has 128 valence electrons. The Morgan fingerprint density at radius 1 is 1.22 bits per heavy atom. The van der Waals surface area contributed by atoms with E-state index < -0.39 is 0 Å². The predicted molar refractivity (Wildman–Crippen MR) is 89.9 cm³/mol. The molecule has 0 bridgehead atoms. The Labute approximate surface area is 142 Å². The minimum absolute atomic E-state index is 0.0800. The van der Waals surface area contributed by atoms with Crippen molar-refractivity contribution in [3.63, 3.8) is 0 Å². The van der Waals surface area contributed by atoms with E-state index in [0.29, 0.717) is 12.2 Å². The number of amides is 1. The minimum atomic E-state index is -0.357. The van der Waals surface area contributed by atoms with Gasteiger partial charge in [-0.05, 0) is 44.4 Å². The molecule has 5 unspecified atom stereocenters. The number of carbonyl (C=O) groups excluding carboxylic acids is 2. The van der Waals surface area contributed by atoms with Crippen molar-refractivity contribution < 1.29 is 14.3 Å². The number of thioether (sulfide) groups is 1. The SMILES string of the molecule is CC12CCC(=O)N1C(C(=O)OC1CCC3CCCCC3C1)CS2. The van der Waals surface area contributed by atoms with Crippen LogP contribution in [0.3, 0.4) is 0 Å². The summed E-state index contributed by atoms with van der Waals surface area (Å²) in [7, 11) is 0. The molecule has 2 heterocycles. The number of esters is 1. The molecule has 2 aliphatic heterocycles. The van der Waals surface area contributed by atoms with Crippen molar-refractivity contribution in [1.82, 2.24) is 4.90 Å². The first-order valence-electron chi connectivity index (χ1n) is 9.23. The molecule has 4 rings (SSSR count). The highest BCUT2D eigenvalue weighted by Crippen LogP contribution is 2.48. The van der Waals surface area contributed by atoms with Crippen LogP contribution in [0.4, 0.5) is 0 Å². The van der Waals surface area contributed by atoms with Crippen LogP contribution in [0.15, 0.2) is 0 Å². The third-order valence-corrected chi connectivity index (χ3v) is 8.00. The highest BCUT2D eigenvalue weighted by molar-refractivity contribution is 8.01. The summed E-state index contributed by atoms with van der Waals surface area (Å²) >= 11 is 1.74. The van der Waals surface area contributed by atoms with Gasteiger partial charge in [0.05, 0.1) is 4.87 Å². The molecule has 0 radical (unpaired) electrons. The maximum absolute atomic E-state index is 12.7. The zero-order valence-corrected chi connectivity index (χ0v) is 14.8. The summed E-state index contributed by atoms with van der Waals surface area (Å²) in [6.07, 6.45) is 10.2. The van der Waals surface area contributed by atoms with Crippen LogP contribution < -0.4 is 0 Å². The lowest BCUT2D eigenvalue weighted by Crippen LogP contribution is -2.47. The largest absolute Gasteiger partial charge is 0.461 e. The molecule has 2 saturated heterocycles. The molecule has 0 N–H and O–H groups in total. The van der Waals surface area contributed by atoms with Crippen LogP contribution in [0, 0.1) is 11.8 Å². The second kappa shape index (κ2) is 5.98. The number of ether oxygens (including phenoxy) is 1. The van der Waals surface area contributed by atoms with Gasteiger partial charge in [-0.1, -0.05) is 25.7 Å². The molecule has 0 aromatic rings. The summed E-state index contributed by atoms with van der Waals surface area (Å²) in [4.78, 5) is 26.5. The zero-order chi connectivity index (χ0) is 16.0. The van der Waals surface area contributed by atoms with Gasteiger partial charge in [0.2, 0.25) is 5.91 Å². The standard InChI is InChI=1S/C18H27NO3S/c1-18-9-8-16(20)19(18)15(11-23-18)17(21)22-14-7-6-12-4-2-3-5-13(12)10-14/h12-15H,2-11H2,1H3. The zero-order valence-electron chi connectivity index (χ0n) is 14.0. The van der Waals surface area contributed by atoms with Crippen molar-refractivity contribution in [2.45, 2.75) is 81.7 Å². The van der Waals surface area contributed by atoms with Crippen LogP contribution in [0.5, 0.6) is 0 Å². The van der Waals surface area contributed by atoms with Gasteiger partial charge in [-0.3, -0.25) is 4.79 Å². The quantitative estimate of drug-likeness (QED) is 0.725. The predicted octanol–water partition coefficient (Wildman–Crippen LogP) is 3.34. The molecule has 23 heavy (non-hydrogen) atoms. The molecule has 5 heteroatoms. The second-order valence-corrected chi connectivity index (χ2v) is 9.44. The Balaban J connectivity index is 1.38. The minimum Gasteiger partial charge on any atom is -0.461 e. The van der Waals surface area contributed by atoms with E-state index in [1.807, 2.05) is 4.90 Å². The lowest BCUT2D eigenvalue weighted by molar-refractivity contribution is -0.161. The summed E-state index contributed by atoms with van der Waals surface area (Å²) in [5, 5.41) is 0. The number of fused-ring (bicyclic) bond motifs is 2. The van der Waals surface area contributed by atoms with E-state index in [9.17, 15) is 9.59 Å². The van der Waals surface area contributed by atoms with Gasteiger partial charge in [-0.15, -0.1) is 11.8 Å². The van der Waals surface area contributed by atoms with Crippen LogP contribution in [0.2, 0.25) is 0 Å². The molecule has 5 atom stereocenters. The summed E-state index contributed by atoms with van der Waals surface area (Å²) in [6.45, 7) is 2.09. The van der Waals surface area contributed by atoms with Gasteiger partial charge >= 0.3 is 5.97 Å². The Bertz CT molecular complexity index is 510. The normalized spacial score (nSPS) is 43.2. The molecular weight excluding hydrogens is 310 g/mol. The lowest BCUT2D eigenvalue weighted by Gasteiger charge is -2.39. The third kappa shape index (κ3) is 2.79. The van der Waals surface area contributed by atoms with Gasteiger partial charge in [0.15, 0.2) is 0 Å². The molecule has 0 aromatic heterocycles. The number of carbonyl (C=O) groups is 2. The number of rotatable bonds is 2. The smallest absolute Gasteiger partial charge is 0.330 e. The van der Waals surface area contributed by atoms with Crippen LogP contribution in [0.1, 0.15) is 64.7 Å². The topological polar surface area (TPSA) is 46.6 Å². The number of nitrogens with zero attached hydrogens (tertiary/aromatic N) is 1. The lowest BCUT2D eigenvalue weighted by atomic mass is 9.70. The summed E-state index contributed by atoms with van der Waals surface area (Å²) in [5.74, 6) is 2.28. The third-order valence-electron chi connectivity index (χ3n) is 6.49. The van der Waals surface area contributed by atoms with Crippen molar-refractivity contribution in [3.8, 4) is 0 Å². The van der Waals surface area contributed by atoms with E-state index in [4.69, 9.17) is 4.74 Å². The Hall–Kier alpha value is -0.710. The number of hydrogen-bond donors (Lipinski definition) is 0. The van der Waals surface area contributed by atoms with E-state index in [0.717, 1.165) is 31.1 Å². The highest BCUT2D eigenvalue weighted by Gasteiger charge is 2.53. The van der Waals surface area contributed by atoms with Crippen LogP contribution in [-0.4, -0.2) is 39.5 Å². The molecule has 4 fully saturated rings. The average Bonchev–Trinajstić information content (AvgIpc) is 3.04. The molecule has 1 amide bonds. The van der Waals surface area contributed by atoms with Gasteiger partial charge in [0.1, 0.15) is 12.1 Å². The van der Waals surface area contributed by atoms with Crippen LogP contribution in [0.25, 0.3) is 0 Å². The fourth-order valence-corrected chi connectivity index (χ4v) is 6.59. The molecule has 0 aromatic carbocycles. The van der Waals surface area contributed by atoms with Crippen molar-refractivity contribution in [2.24, 2.45) is 11.8 Å². The van der Waals surface area contributed by atoms with Gasteiger partial charge in [0.25, 0.3) is 0 Å². The molecule has 2 saturated carbocycles. The fraction of sp³-hybridized carbons (Fsp3) is 0.889. The Morgan fingerprint density at radius 3 is 2.83 bits per heavy atom. The molecule has 4 aliphatic rings. The van der Waals surface area contributed by atoms with Gasteiger partial charge in [-0.2, -0.15) is 0 Å². The number of hydrogen-bond acceptors (Lipinski definition) is 4. The summed E-state index contributed by atoms with van der Waals surface area (Å²) < 4.78 is 5.88. The molecule has 4 nitrogen and oxygen atoms in total. The van der Waals surface area contributed by atoms with Gasteiger partial charge < -0.3 is 9.64 Å². The van der Waals surface area contributed by atoms with Crippen LogP contribution in [-0.2, 0) is 14.3 Å². The monoisotopic (exact) mass is 337 g/mol. The van der Waals surface area contributed by atoms with Gasteiger partial charge in [0, 0.05) is 12.2 Å². The maximum atomic E-state index is 12.7. The first-order valence-corrected chi connectivity index (χ1v) is 10.2. The van der Waals surface area contributed by atoms with Crippen molar-refractivity contribution in [1.29, 1.82) is 0 Å². The molecule has 2 aliphatic carbocycles. The first kappa shape index (κ1) is 15.8. The second-order valence-electron chi connectivity index (χ2n) is 7.94. The van der Waals surface area contributed by atoms with E-state index in [-0.39, 0.29) is 28.9 Å². The fourth-order valence-electron chi connectivity index (χ4n) is 5.18. The van der Waals surface area contributed by atoms with E-state index in [1.54, 1.807) is 11.8 Å². The summed E-state index contributed by atoms with van der Waals surface area (Å²) in [6, 6.07) is -0.357. The van der Waals surface area contributed by atoms with Crippen LogP contribution >= 0.6 is 11.8 Å². The Morgan fingerprint density at radius 2 is 2.00 bits per heavy atom. The van der Waals surface area contributed by atoms with E-state index >= 15 is 0 Å². The first-order chi connectivity index (χ1) is 11.1. The van der Waals surface area contributed by atoms with E-state index in [1.165, 1.54) is 32.1 Å². The van der Waals surface area contributed by atoms with Gasteiger partial charge in [-0.25, -0.2) is 4.79 Å². The Kier molecular flexibility index (Phi) is 4.11. The highest BCUT2D eigenvalue weighted by atomic mass is 32.2. The van der Waals surface area contributed by atoms with Crippen molar-refractivity contribution in [2.75, 3.05) is 5.75 Å².